The quantitative estimate of drug-likeness (QED) is 0.0708. The molecule has 3 amide bonds. The number of thiazole rings is 1. The number of fused-ring (bicyclic) bond motifs is 3. The monoisotopic (exact) mass is 822 g/mol. The minimum absolute atomic E-state index is 0.0106. The topological polar surface area (TPSA) is 147 Å². The van der Waals surface area contributed by atoms with E-state index in [9.17, 15) is 24.3 Å². The lowest BCUT2D eigenvalue weighted by Gasteiger charge is -2.37. The van der Waals surface area contributed by atoms with Gasteiger partial charge in [-0.05, 0) is 52.5 Å². The van der Waals surface area contributed by atoms with Gasteiger partial charge in [-0.15, -0.1) is 17.9 Å². The van der Waals surface area contributed by atoms with Crippen LogP contribution in [0, 0.1) is 17.8 Å². The maximum atomic E-state index is 14.4. The van der Waals surface area contributed by atoms with E-state index >= 15 is 0 Å². The number of carboxylic acids is 1. The lowest BCUT2D eigenvalue weighted by molar-refractivity contribution is -0.141. The molecule has 6 unspecified atom stereocenters. The average molecular weight is 823 g/mol. The molecule has 6 atom stereocenters. The van der Waals surface area contributed by atoms with E-state index < -0.39 is 42.1 Å². The number of carbonyl (C=O) groups is 4. The highest BCUT2D eigenvalue weighted by atomic mass is 32.1. The summed E-state index contributed by atoms with van der Waals surface area (Å²) < 4.78 is 12.1. The zero-order valence-electron chi connectivity index (χ0n) is 34.9. The van der Waals surface area contributed by atoms with Gasteiger partial charge in [0.2, 0.25) is 5.91 Å². The number of carboxylic acid groups (broad SMARTS) is 1. The van der Waals surface area contributed by atoms with Crippen molar-refractivity contribution in [2.24, 2.45) is 17.8 Å². The van der Waals surface area contributed by atoms with E-state index in [0.29, 0.717) is 24.3 Å². The number of likely N-dealkylation sites (N-methyl/N-ethyl adjacent to an activating group) is 1. The summed E-state index contributed by atoms with van der Waals surface area (Å²) in [6.07, 6.45) is 2.15. The van der Waals surface area contributed by atoms with Crippen LogP contribution in [0.25, 0.3) is 11.1 Å². The molecule has 0 radical (unpaired) electrons. The van der Waals surface area contributed by atoms with Crippen molar-refractivity contribution in [2.75, 3.05) is 20.3 Å². The first-order valence-electron chi connectivity index (χ1n) is 20.5. The van der Waals surface area contributed by atoms with Crippen LogP contribution in [-0.4, -0.2) is 77.3 Å². The third-order valence-electron chi connectivity index (χ3n) is 11.3. The number of ether oxygens (including phenoxy) is 2. The molecule has 3 N–H and O–H groups in total. The van der Waals surface area contributed by atoms with Gasteiger partial charge in [0.05, 0.1) is 12.5 Å². The number of aliphatic carboxylic acids is 1. The van der Waals surface area contributed by atoms with E-state index in [1.807, 2.05) is 82.3 Å². The molecular weight excluding hydrogens is 765 g/mol. The maximum Gasteiger partial charge on any atom is 0.407 e. The van der Waals surface area contributed by atoms with Gasteiger partial charge in [-0.25, -0.2) is 9.78 Å². The van der Waals surface area contributed by atoms with Gasteiger partial charge in [-0.3, -0.25) is 14.4 Å². The molecule has 0 saturated heterocycles. The average Bonchev–Trinajstić information content (AvgIpc) is 3.85. The number of carbonyl (C=O) groups excluding carboxylic acids is 3. The van der Waals surface area contributed by atoms with Gasteiger partial charge in [-0.2, -0.15) is 0 Å². The first kappa shape index (κ1) is 44.8. The molecule has 59 heavy (non-hydrogen) atoms. The smallest absolute Gasteiger partial charge is 0.407 e. The molecule has 0 aliphatic heterocycles. The highest BCUT2D eigenvalue weighted by molar-refractivity contribution is 7.09. The molecule has 314 valence electrons. The Balaban J connectivity index is 1.28. The van der Waals surface area contributed by atoms with Gasteiger partial charge in [-0.1, -0.05) is 126 Å². The zero-order valence-corrected chi connectivity index (χ0v) is 35.7. The van der Waals surface area contributed by atoms with Crippen molar-refractivity contribution in [3.8, 4) is 11.1 Å². The van der Waals surface area contributed by atoms with Crippen molar-refractivity contribution >= 4 is 35.2 Å². The van der Waals surface area contributed by atoms with Crippen LogP contribution in [0.4, 0.5) is 4.79 Å². The Morgan fingerprint density at radius 1 is 0.915 bits per heavy atom. The Labute approximate surface area is 352 Å². The fourth-order valence-electron chi connectivity index (χ4n) is 7.77. The maximum absolute atomic E-state index is 14.4. The summed E-state index contributed by atoms with van der Waals surface area (Å²) in [5, 5.41) is 17.8. The summed E-state index contributed by atoms with van der Waals surface area (Å²) in [5.41, 5.74) is 5.66. The van der Waals surface area contributed by atoms with Crippen molar-refractivity contribution in [3.05, 3.63) is 124 Å². The molecule has 0 bridgehead atoms. The second kappa shape index (κ2) is 21.1. The van der Waals surface area contributed by atoms with Crippen molar-refractivity contribution in [1.82, 2.24) is 20.5 Å². The van der Waals surface area contributed by atoms with E-state index in [1.165, 1.54) is 11.3 Å². The SMILES string of the molecule is C=CCOC(CC(C(C)C)N(C)C(=O)C(NC(=O)OCC1c2ccccc2-c2ccccc21)C(C)CC)c1nc(C(=O)NC(Cc2ccccc2)CC(C)C(=O)O)cs1. The van der Waals surface area contributed by atoms with Crippen molar-refractivity contribution < 1.29 is 33.8 Å². The minimum Gasteiger partial charge on any atom is -0.481 e. The van der Waals surface area contributed by atoms with Crippen LogP contribution >= 0.6 is 11.3 Å². The summed E-state index contributed by atoms with van der Waals surface area (Å²) in [4.78, 5) is 59.6. The number of hydrogen-bond donors (Lipinski definition) is 3. The lowest BCUT2D eigenvalue weighted by Crippen LogP contribution is -2.54. The Hall–Kier alpha value is -5.33. The summed E-state index contributed by atoms with van der Waals surface area (Å²) in [5.74, 6) is -2.54. The molecular formula is C47H58N4O7S. The predicted octanol–water partition coefficient (Wildman–Crippen LogP) is 8.67. The highest BCUT2D eigenvalue weighted by Gasteiger charge is 2.36. The number of benzene rings is 3. The molecule has 3 aromatic carbocycles. The fraction of sp³-hybridized carbons (Fsp3) is 0.426. The number of nitrogens with zero attached hydrogens (tertiary/aromatic N) is 2. The number of aromatic nitrogens is 1. The first-order valence-corrected chi connectivity index (χ1v) is 21.3. The minimum atomic E-state index is -0.929. The number of hydrogen-bond acceptors (Lipinski definition) is 8. The van der Waals surface area contributed by atoms with Crippen molar-refractivity contribution in [2.45, 2.75) is 90.4 Å². The van der Waals surface area contributed by atoms with Crippen LogP contribution in [-0.2, 0) is 25.5 Å². The van der Waals surface area contributed by atoms with Gasteiger partial charge in [0.25, 0.3) is 5.91 Å². The molecule has 5 rings (SSSR count). The Morgan fingerprint density at radius 2 is 1.54 bits per heavy atom. The second-order valence-electron chi connectivity index (χ2n) is 15.8. The molecule has 12 heteroatoms. The molecule has 0 fully saturated rings. The molecule has 11 nitrogen and oxygen atoms in total. The molecule has 1 aliphatic rings. The highest BCUT2D eigenvalue weighted by Crippen LogP contribution is 2.44. The van der Waals surface area contributed by atoms with Crippen LogP contribution in [0.1, 0.15) is 98.1 Å². The van der Waals surface area contributed by atoms with Crippen LogP contribution in [0.2, 0.25) is 0 Å². The zero-order chi connectivity index (χ0) is 42.6. The van der Waals surface area contributed by atoms with Crippen LogP contribution in [0.15, 0.2) is 96.9 Å². The lowest BCUT2D eigenvalue weighted by atomic mass is 9.93. The van der Waals surface area contributed by atoms with Crippen LogP contribution in [0.5, 0.6) is 0 Å². The summed E-state index contributed by atoms with van der Waals surface area (Å²) in [6.45, 7) is 13.8. The van der Waals surface area contributed by atoms with E-state index in [-0.39, 0.29) is 55.0 Å². The fourth-order valence-corrected chi connectivity index (χ4v) is 8.63. The van der Waals surface area contributed by atoms with Crippen LogP contribution in [0.3, 0.4) is 0 Å². The molecule has 0 spiro atoms. The van der Waals surface area contributed by atoms with Gasteiger partial charge in [0.15, 0.2) is 0 Å². The van der Waals surface area contributed by atoms with Gasteiger partial charge < -0.3 is 30.1 Å². The summed E-state index contributed by atoms with van der Waals surface area (Å²) in [7, 11) is 1.75. The summed E-state index contributed by atoms with van der Waals surface area (Å²) in [6, 6.07) is 24.3. The van der Waals surface area contributed by atoms with Gasteiger partial charge >= 0.3 is 12.1 Å². The van der Waals surface area contributed by atoms with Crippen molar-refractivity contribution in [1.29, 1.82) is 0 Å². The van der Waals surface area contributed by atoms with Crippen molar-refractivity contribution in [3.63, 3.8) is 0 Å². The second-order valence-corrected chi connectivity index (χ2v) is 16.7. The molecule has 4 aromatic rings. The number of rotatable bonds is 21. The van der Waals surface area contributed by atoms with E-state index in [1.54, 1.807) is 30.3 Å². The Bertz CT molecular complexity index is 2010. The normalized spacial score (nSPS) is 15.2. The van der Waals surface area contributed by atoms with E-state index in [2.05, 4.69) is 41.5 Å². The standard InChI is InChI=1S/C47H58N4O7S/c1-8-23-57-41(44-49-39(28-59-44)43(52)48-33(24-31(6)46(54)55)25-32-17-11-10-12-18-32)26-40(29(3)4)51(7)45(53)42(30(5)9-2)50-47(56)58-27-38-36-21-15-13-19-34(36)35-20-14-16-22-37(35)38/h8,10-22,28-31,33,38,40-42H,1,9,23-27H2,2-7H3,(H,48,52)(H,50,56)(H,54,55). The van der Waals surface area contributed by atoms with E-state index in [0.717, 1.165) is 27.8 Å². The molecule has 1 aliphatic carbocycles. The van der Waals surface area contributed by atoms with Gasteiger partial charge in [0.1, 0.15) is 29.5 Å². The number of nitrogens with one attached hydrogen (secondary N) is 2. The number of alkyl carbamates (subject to hydrolysis) is 1. The largest absolute Gasteiger partial charge is 0.481 e. The predicted molar refractivity (Wildman–Crippen MR) is 231 cm³/mol. The third-order valence-corrected chi connectivity index (χ3v) is 12.3. The molecule has 0 saturated carbocycles. The number of amides is 3. The summed E-state index contributed by atoms with van der Waals surface area (Å²) >= 11 is 1.29. The first-order chi connectivity index (χ1) is 28.3. The van der Waals surface area contributed by atoms with E-state index in [4.69, 9.17) is 14.5 Å². The van der Waals surface area contributed by atoms with Gasteiger partial charge in [0, 0.05) is 36.9 Å². The van der Waals surface area contributed by atoms with Crippen LogP contribution < -0.4 is 10.6 Å². The Kier molecular flexibility index (Phi) is 16.0. The third kappa shape index (κ3) is 11.5. The molecule has 1 heterocycles. The molecule has 1 aromatic heterocycles. The Morgan fingerprint density at radius 3 is 2.14 bits per heavy atom.